The van der Waals surface area contributed by atoms with Crippen LogP contribution >= 0.6 is 0 Å². The largest absolute Gasteiger partial charge is 0.378 e. The second-order valence-corrected chi connectivity index (χ2v) is 5.35. The lowest BCUT2D eigenvalue weighted by Crippen LogP contribution is -2.44. The summed E-state index contributed by atoms with van der Waals surface area (Å²) in [6.07, 6.45) is 3.31. The Bertz CT molecular complexity index is 397. The van der Waals surface area contributed by atoms with Gasteiger partial charge in [0.2, 0.25) is 5.89 Å². The summed E-state index contributed by atoms with van der Waals surface area (Å²) >= 11 is 0. The van der Waals surface area contributed by atoms with Crippen molar-refractivity contribution in [2.24, 2.45) is 0 Å². The Kier molecular flexibility index (Phi) is 4.10. The molecule has 0 saturated carbocycles. The Labute approximate surface area is 113 Å². The highest BCUT2D eigenvalue weighted by Crippen LogP contribution is 2.20. The predicted molar refractivity (Wildman–Crippen MR) is 69.8 cm³/mol. The number of nitrogens with one attached hydrogen (secondary N) is 1. The van der Waals surface area contributed by atoms with Crippen LogP contribution < -0.4 is 5.32 Å². The van der Waals surface area contributed by atoms with Crippen molar-refractivity contribution in [1.82, 2.24) is 20.4 Å². The van der Waals surface area contributed by atoms with Gasteiger partial charge in [-0.1, -0.05) is 5.16 Å². The second-order valence-electron chi connectivity index (χ2n) is 5.35. The van der Waals surface area contributed by atoms with Crippen molar-refractivity contribution in [2.75, 3.05) is 32.8 Å². The molecule has 2 atom stereocenters. The Morgan fingerprint density at radius 3 is 3.00 bits per heavy atom. The van der Waals surface area contributed by atoms with E-state index in [1.165, 1.54) is 0 Å². The highest BCUT2D eigenvalue weighted by Gasteiger charge is 2.24. The summed E-state index contributed by atoms with van der Waals surface area (Å²) in [7, 11) is 0. The van der Waals surface area contributed by atoms with E-state index in [0.717, 1.165) is 63.8 Å². The van der Waals surface area contributed by atoms with Gasteiger partial charge in [-0.2, -0.15) is 4.98 Å². The second kappa shape index (κ2) is 5.98. The molecule has 1 aromatic heterocycles. The van der Waals surface area contributed by atoms with Crippen LogP contribution in [0.3, 0.4) is 0 Å². The first-order valence-corrected chi connectivity index (χ1v) is 7.22. The van der Waals surface area contributed by atoms with Crippen molar-refractivity contribution in [3.8, 4) is 0 Å². The molecule has 0 radical (unpaired) electrons. The molecule has 3 rings (SSSR count). The maximum absolute atomic E-state index is 5.60. The van der Waals surface area contributed by atoms with E-state index in [2.05, 4.69) is 27.3 Å². The minimum atomic E-state index is 0.202. The van der Waals surface area contributed by atoms with E-state index in [1.807, 2.05) is 0 Å². The zero-order valence-corrected chi connectivity index (χ0v) is 11.5. The van der Waals surface area contributed by atoms with E-state index in [4.69, 9.17) is 9.26 Å². The van der Waals surface area contributed by atoms with Crippen LogP contribution in [0.4, 0.5) is 0 Å². The standard InChI is InChI=1S/C13H22N4O2/c1-10(17-6-4-14-5-7-17)13-15-12(16-19-13)9-11-3-2-8-18-11/h10-11,14H,2-9H2,1H3. The molecule has 2 aliphatic rings. The zero-order valence-electron chi connectivity index (χ0n) is 11.5. The van der Waals surface area contributed by atoms with Crippen LogP contribution in [0.1, 0.15) is 37.5 Å². The highest BCUT2D eigenvalue weighted by atomic mass is 16.5. The van der Waals surface area contributed by atoms with Gasteiger partial charge in [0, 0.05) is 39.2 Å². The molecule has 0 aromatic carbocycles. The first kappa shape index (κ1) is 13.0. The van der Waals surface area contributed by atoms with E-state index in [1.54, 1.807) is 0 Å². The average molecular weight is 266 g/mol. The number of rotatable bonds is 4. The third kappa shape index (κ3) is 3.13. The molecule has 6 heteroatoms. The molecule has 6 nitrogen and oxygen atoms in total. The Balaban J connectivity index is 1.59. The number of aromatic nitrogens is 2. The van der Waals surface area contributed by atoms with E-state index in [9.17, 15) is 0 Å². The van der Waals surface area contributed by atoms with Crippen LogP contribution in [0.5, 0.6) is 0 Å². The molecule has 0 aliphatic carbocycles. The maximum atomic E-state index is 5.60. The van der Waals surface area contributed by atoms with Crippen LogP contribution in [-0.2, 0) is 11.2 Å². The quantitative estimate of drug-likeness (QED) is 0.868. The molecular formula is C13H22N4O2. The number of hydrogen-bond donors (Lipinski definition) is 1. The van der Waals surface area contributed by atoms with Crippen LogP contribution in [0.2, 0.25) is 0 Å². The Morgan fingerprint density at radius 2 is 2.26 bits per heavy atom. The van der Waals surface area contributed by atoms with Crippen molar-refractivity contribution in [3.63, 3.8) is 0 Å². The molecule has 0 bridgehead atoms. The van der Waals surface area contributed by atoms with Gasteiger partial charge in [-0.05, 0) is 19.8 Å². The van der Waals surface area contributed by atoms with Crippen molar-refractivity contribution >= 4 is 0 Å². The van der Waals surface area contributed by atoms with E-state index in [0.29, 0.717) is 0 Å². The Hall–Kier alpha value is -0.980. The molecule has 19 heavy (non-hydrogen) atoms. The van der Waals surface area contributed by atoms with E-state index in [-0.39, 0.29) is 12.1 Å². The number of piperazine rings is 1. The van der Waals surface area contributed by atoms with Crippen molar-refractivity contribution in [1.29, 1.82) is 0 Å². The normalized spacial score (nSPS) is 26.7. The lowest BCUT2D eigenvalue weighted by molar-refractivity contribution is 0.109. The molecule has 2 fully saturated rings. The minimum absolute atomic E-state index is 0.202. The third-order valence-corrected chi connectivity index (χ3v) is 3.97. The van der Waals surface area contributed by atoms with E-state index < -0.39 is 0 Å². The maximum Gasteiger partial charge on any atom is 0.243 e. The summed E-state index contributed by atoms with van der Waals surface area (Å²) in [5.41, 5.74) is 0. The molecule has 0 amide bonds. The molecule has 1 aromatic rings. The Morgan fingerprint density at radius 1 is 1.42 bits per heavy atom. The monoisotopic (exact) mass is 266 g/mol. The molecular weight excluding hydrogens is 244 g/mol. The van der Waals surface area contributed by atoms with E-state index >= 15 is 0 Å². The molecule has 2 unspecified atom stereocenters. The SMILES string of the molecule is CC(c1nc(CC2CCCO2)no1)N1CCNCC1. The lowest BCUT2D eigenvalue weighted by Gasteiger charge is -2.30. The number of hydrogen-bond acceptors (Lipinski definition) is 6. The fraction of sp³-hybridized carbons (Fsp3) is 0.846. The van der Waals surface area contributed by atoms with Gasteiger partial charge in [-0.25, -0.2) is 0 Å². The van der Waals surface area contributed by atoms with Gasteiger partial charge in [0.1, 0.15) is 0 Å². The summed E-state index contributed by atoms with van der Waals surface area (Å²) in [6.45, 7) is 7.12. The van der Waals surface area contributed by atoms with Crippen molar-refractivity contribution in [2.45, 2.75) is 38.3 Å². The van der Waals surface area contributed by atoms with Crippen molar-refractivity contribution < 1.29 is 9.26 Å². The predicted octanol–water partition coefficient (Wildman–Crippen LogP) is 0.757. The van der Waals surface area contributed by atoms with Gasteiger partial charge in [0.05, 0.1) is 12.1 Å². The molecule has 2 aliphatic heterocycles. The van der Waals surface area contributed by atoms with Gasteiger partial charge < -0.3 is 14.6 Å². The smallest absolute Gasteiger partial charge is 0.243 e. The fourth-order valence-electron chi connectivity index (χ4n) is 2.75. The van der Waals surface area contributed by atoms with Gasteiger partial charge in [0.25, 0.3) is 0 Å². The first-order valence-electron chi connectivity index (χ1n) is 7.22. The topological polar surface area (TPSA) is 63.4 Å². The molecule has 2 saturated heterocycles. The number of ether oxygens (including phenoxy) is 1. The third-order valence-electron chi connectivity index (χ3n) is 3.97. The summed E-state index contributed by atoms with van der Waals surface area (Å²) in [5.74, 6) is 1.51. The van der Waals surface area contributed by atoms with Gasteiger partial charge in [0.15, 0.2) is 5.82 Å². The average Bonchev–Trinajstić information content (AvgIpc) is 3.11. The van der Waals surface area contributed by atoms with Gasteiger partial charge in [-0.15, -0.1) is 0 Å². The lowest BCUT2D eigenvalue weighted by atomic mass is 10.2. The molecule has 106 valence electrons. The fourth-order valence-corrected chi connectivity index (χ4v) is 2.75. The number of nitrogens with zero attached hydrogens (tertiary/aromatic N) is 3. The van der Waals surface area contributed by atoms with Crippen LogP contribution in [0.25, 0.3) is 0 Å². The first-order chi connectivity index (χ1) is 9.33. The summed E-state index contributed by atoms with van der Waals surface area (Å²) < 4.78 is 11.0. The van der Waals surface area contributed by atoms with Crippen LogP contribution in [0.15, 0.2) is 4.52 Å². The molecule has 1 N–H and O–H groups in total. The molecule has 0 spiro atoms. The highest BCUT2D eigenvalue weighted by molar-refractivity contribution is 4.95. The molecule has 3 heterocycles. The van der Waals surface area contributed by atoms with Crippen molar-refractivity contribution in [3.05, 3.63) is 11.7 Å². The summed E-state index contributed by atoms with van der Waals surface area (Å²) in [6, 6.07) is 0.202. The minimum Gasteiger partial charge on any atom is -0.378 e. The zero-order chi connectivity index (χ0) is 13.1. The summed E-state index contributed by atoms with van der Waals surface area (Å²) in [5, 5.41) is 7.44. The van der Waals surface area contributed by atoms with Gasteiger partial charge in [-0.3, -0.25) is 4.90 Å². The van der Waals surface area contributed by atoms with Crippen LogP contribution in [-0.4, -0.2) is 53.9 Å². The summed E-state index contributed by atoms with van der Waals surface area (Å²) in [4.78, 5) is 6.90. The van der Waals surface area contributed by atoms with Gasteiger partial charge >= 0.3 is 0 Å². The van der Waals surface area contributed by atoms with Crippen LogP contribution in [0, 0.1) is 0 Å².